The number of thiocarbonyl (C=S) groups is 1. The van der Waals surface area contributed by atoms with Gasteiger partial charge in [-0.05, 0) is 42.2 Å². The lowest BCUT2D eigenvalue weighted by molar-refractivity contribution is -0.783. The van der Waals surface area contributed by atoms with Gasteiger partial charge in [0, 0.05) is 27.9 Å². The Morgan fingerprint density at radius 3 is 2.50 bits per heavy atom. The van der Waals surface area contributed by atoms with Crippen LogP contribution in [0.5, 0.6) is 0 Å². The highest BCUT2D eigenvalue weighted by atomic mass is 35.5. The first-order chi connectivity index (χ1) is 11.2. The van der Waals surface area contributed by atoms with Gasteiger partial charge in [-0.3, -0.25) is 0 Å². The Hall–Kier alpha value is -0.790. The van der Waals surface area contributed by atoms with Crippen molar-refractivity contribution in [3.63, 3.8) is 0 Å². The molecule has 1 heterocycles. The summed E-state index contributed by atoms with van der Waals surface area (Å²) in [4.78, 5) is 5.58. The highest BCUT2D eigenvalue weighted by molar-refractivity contribution is 8.03. The van der Waals surface area contributed by atoms with Crippen LogP contribution in [0.3, 0.4) is 0 Å². The third-order valence-corrected chi connectivity index (χ3v) is 5.45. The van der Waals surface area contributed by atoms with Gasteiger partial charge in [-0.1, -0.05) is 37.0 Å². The zero-order valence-electron chi connectivity index (χ0n) is 14.0. The number of nitrogens with zero attached hydrogens (tertiary/aromatic N) is 2. The summed E-state index contributed by atoms with van der Waals surface area (Å²) in [6.07, 6.45) is 1.88. The van der Waals surface area contributed by atoms with Crippen molar-refractivity contribution in [3.8, 4) is 0 Å². The molecule has 1 N–H and O–H groups in total. The fourth-order valence-corrected chi connectivity index (χ4v) is 4.17. The number of ether oxygens (including phenoxy) is 1. The van der Waals surface area contributed by atoms with E-state index in [1.807, 2.05) is 25.5 Å². The molecule has 0 bridgehead atoms. The highest BCUT2D eigenvalue weighted by Gasteiger charge is 2.37. The Balaban J connectivity index is 2.32. The molecule has 0 saturated carbocycles. The van der Waals surface area contributed by atoms with Crippen molar-refractivity contribution in [2.75, 3.05) is 20.8 Å². The van der Waals surface area contributed by atoms with Crippen molar-refractivity contribution in [3.05, 3.63) is 39.0 Å². The van der Waals surface area contributed by atoms with Gasteiger partial charge in [0.1, 0.15) is 5.70 Å². The van der Waals surface area contributed by atoms with Gasteiger partial charge in [-0.15, -0.1) is 0 Å². The van der Waals surface area contributed by atoms with E-state index < -0.39 is 0 Å². The van der Waals surface area contributed by atoms with Gasteiger partial charge < -0.3 is 10.1 Å². The van der Waals surface area contributed by atoms with Gasteiger partial charge >= 0.3 is 0 Å². The van der Waals surface area contributed by atoms with Crippen LogP contribution < -0.4 is 5.32 Å². The smallest absolute Gasteiger partial charge is 0.260 e. The molecule has 1 aromatic carbocycles. The molecule has 1 aliphatic rings. The third kappa shape index (κ3) is 4.64. The van der Waals surface area contributed by atoms with Crippen LogP contribution in [0.25, 0.3) is 0 Å². The van der Waals surface area contributed by atoms with Crippen molar-refractivity contribution in [2.24, 2.45) is 10.9 Å². The van der Waals surface area contributed by atoms with E-state index in [0.29, 0.717) is 26.4 Å². The van der Waals surface area contributed by atoms with E-state index in [9.17, 15) is 0 Å². The molecule has 1 aromatic rings. The maximum absolute atomic E-state index is 6.13. The highest BCUT2D eigenvalue weighted by Crippen LogP contribution is 2.41. The molecule has 1 aliphatic heterocycles. The molecule has 1 unspecified atom stereocenters. The summed E-state index contributed by atoms with van der Waals surface area (Å²) in [5.41, 5.74) is 1.03. The summed E-state index contributed by atoms with van der Waals surface area (Å²) in [6.45, 7) is 4.59. The molecule has 4 nitrogen and oxygen atoms in total. The topological polar surface area (TPSA) is 33.6 Å². The van der Waals surface area contributed by atoms with Crippen LogP contribution in [-0.2, 0) is 4.74 Å². The molecule has 0 saturated heterocycles. The largest absolute Gasteiger partial charge is 0.419 e. The van der Waals surface area contributed by atoms with Crippen LogP contribution in [0.4, 0.5) is 0 Å². The predicted octanol–water partition coefficient (Wildman–Crippen LogP) is 4.88. The number of allylic oxidation sites excluding steroid dienone is 1. The first kappa shape index (κ1) is 19.5. The number of rotatable bonds is 5. The Kier molecular flexibility index (Phi) is 6.56. The maximum Gasteiger partial charge on any atom is 0.260 e. The molecule has 130 valence electrons. The SMILES string of the molecule is CNC(=S)OC[N+]1(C)C=NC(C(C)C)=C1Sc1cc(Cl)cc(Cl)c1. The van der Waals surface area contributed by atoms with Crippen LogP contribution >= 0.6 is 47.2 Å². The number of quaternary nitrogens is 1. The fraction of sp³-hybridized carbons (Fsp3) is 0.375. The van der Waals surface area contributed by atoms with Gasteiger partial charge in [0.2, 0.25) is 11.8 Å². The van der Waals surface area contributed by atoms with Crippen molar-refractivity contribution in [2.45, 2.75) is 18.7 Å². The molecule has 8 heteroatoms. The van der Waals surface area contributed by atoms with Gasteiger partial charge in [0.05, 0.1) is 7.05 Å². The van der Waals surface area contributed by atoms with E-state index in [-0.39, 0.29) is 5.92 Å². The summed E-state index contributed by atoms with van der Waals surface area (Å²) in [5.74, 6) is 0.287. The standard InChI is InChI=1S/C16H19Cl2N3OS2/c1-10(2)14-15(24-13-6-11(17)5-12(18)7-13)21(4,8-20-14)9-22-16(23)19-3/h5-8,10H,9H2,1-4H3/p+1. The molecule has 0 aliphatic carbocycles. The molecule has 0 fully saturated rings. The Labute approximate surface area is 162 Å². The van der Waals surface area contributed by atoms with Crippen LogP contribution in [0.1, 0.15) is 13.8 Å². The number of hydrogen-bond donors (Lipinski definition) is 1. The average Bonchev–Trinajstić information content (AvgIpc) is 2.81. The van der Waals surface area contributed by atoms with E-state index in [2.05, 4.69) is 24.2 Å². The average molecular weight is 405 g/mol. The molecular formula is C16H20Cl2N3OS2+. The summed E-state index contributed by atoms with van der Waals surface area (Å²) >= 11 is 18.9. The monoisotopic (exact) mass is 404 g/mol. The summed E-state index contributed by atoms with van der Waals surface area (Å²) in [7, 11) is 3.77. The van der Waals surface area contributed by atoms with E-state index in [4.69, 9.17) is 40.2 Å². The lowest BCUT2D eigenvalue weighted by atomic mass is 10.1. The molecule has 24 heavy (non-hydrogen) atoms. The van der Waals surface area contributed by atoms with E-state index >= 15 is 0 Å². The number of benzene rings is 1. The molecule has 2 rings (SSSR count). The minimum atomic E-state index is 0.287. The fourth-order valence-electron chi connectivity index (χ4n) is 2.17. The molecule has 0 spiro atoms. The molecule has 0 aromatic heterocycles. The van der Waals surface area contributed by atoms with E-state index in [1.165, 1.54) is 0 Å². The quantitative estimate of drug-likeness (QED) is 0.559. The third-order valence-electron chi connectivity index (χ3n) is 3.40. The number of halogens is 2. The van der Waals surface area contributed by atoms with Gasteiger partial charge in [-0.25, -0.2) is 9.48 Å². The molecular weight excluding hydrogens is 385 g/mol. The minimum Gasteiger partial charge on any atom is -0.419 e. The molecule has 0 radical (unpaired) electrons. The second-order valence-corrected chi connectivity index (χ2v) is 8.18. The van der Waals surface area contributed by atoms with Crippen molar-refractivity contribution >= 4 is 58.7 Å². The van der Waals surface area contributed by atoms with Gasteiger partial charge in [0.25, 0.3) is 5.17 Å². The van der Waals surface area contributed by atoms with Crippen LogP contribution in [0.2, 0.25) is 10.0 Å². The number of aliphatic imine (C=N–C) groups is 1. The van der Waals surface area contributed by atoms with Gasteiger partial charge in [0.15, 0.2) is 6.34 Å². The normalized spacial score (nSPS) is 20.0. The summed E-state index contributed by atoms with van der Waals surface area (Å²) < 4.78 is 6.03. The first-order valence-corrected chi connectivity index (χ1v) is 9.37. The lowest BCUT2D eigenvalue weighted by Gasteiger charge is -2.27. The predicted molar refractivity (Wildman–Crippen MR) is 106 cm³/mol. The summed E-state index contributed by atoms with van der Waals surface area (Å²) in [6, 6.07) is 5.51. The van der Waals surface area contributed by atoms with E-state index in [1.54, 1.807) is 24.9 Å². The maximum atomic E-state index is 6.13. The second kappa shape index (κ2) is 8.06. The Morgan fingerprint density at radius 2 is 1.96 bits per heavy atom. The van der Waals surface area contributed by atoms with Crippen LogP contribution in [0.15, 0.2) is 38.8 Å². The zero-order valence-corrected chi connectivity index (χ0v) is 17.1. The Bertz CT molecular complexity index is 686. The first-order valence-electron chi connectivity index (χ1n) is 7.39. The number of hydrogen-bond acceptors (Lipinski definition) is 4. The zero-order chi connectivity index (χ0) is 17.9. The molecule has 1 atom stereocenters. The van der Waals surface area contributed by atoms with E-state index in [0.717, 1.165) is 15.6 Å². The summed E-state index contributed by atoms with van der Waals surface area (Å²) in [5, 5.41) is 5.46. The Morgan fingerprint density at radius 1 is 1.33 bits per heavy atom. The van der Waals surface area contributed by atoms with Crippen LogP contribution in [-0.4, -0.2) is 36.8 Å². The van der Waals surface area contributed by atoms with Gasteiger partial charge in [-0.2, -0.15) is 0 Å². The van der Waals surface area contributed by atoms with Crippen molar-refractivity contribution in [1.82, 2.24) is 5.32 Å². The van der Waals surface area contributed by atoms with Crippen molar-refractivity contribution in [1.29, 1.82) is 0 Å². The lowest BCUT2D eigenvalue weighted by Crippen LogP contribution is -2.42. The second-order valence-electron chi connectivity index (χ2n) is 5.88. The van der Waals surface area contributed by atoms with Crippen LogP contribution in [0, 0.1) is 5.92 Å². The molecule has 0 amide bonds. The number of thioether (sulfide) groups is 1. The number of nitrogens with one attached hydrogen (secondary N) is 1. The van der Waals surface area contributed by atoms with Crippen molar-refractivity contribution < 1.29 is 9.22 Å². The minimum absolute atomic E-state index is 0.287.